The maximum atomic E-state index is 15.9. The maximum absolute atomic E-state index is 15.9. The van der Waals surface area contributed by atoms with E-state index in [1.165, 1.54) is 16.1 Å². The predicted molar refractivity (Wildman–Crippen MR) is 236 cm³/mol. The number of aromatic amines is 1. The van der Waals surface area contributed by atoms with Crippen LogP contribution in [0.25, 0.3) is 22.2 Å². The van der Waals surface area contributed by atoms with Crippen molar-refractivity contribution >= 4 is 61.9 Å². The number of nitrogens with one attached hydrogen (secondary N) is 4. The number of fused-ring (bicyclic) bond motifs is 1. The van der Waals surface area contributed by atoms with Crippen LogP contribution in [0.2, 0.25) is 0 Å². The zero-order valence-electron chi connectivity index (χ0n) is 35.0. The number of benzene rings is 2. The Hall–Kier alpha value is -6.31. The van der Waals surface area contributed by atoms with Crippen molar-refractivity contribution in [3.05, 3.63) is 102 Å². The van der Waals surface area contributed by atoms with E-state index in [-0.39, 0.29) is 36.4 Å². The van der Waals surface area contributed by atoms with Crippen molar-refractivity contribution in [3.63, 3.8) is 0 Å². The number of rotatable bonds is 12. The molecule has 5 aromatic rings. The van der Waals surface area contributed by atoms with Gasteiger partial charge in [0.25, 0.3) is 0 Å². The highest BCUT2D eigenvalue weighted by Gasteiger charge is 2.32. The lowest BCUT2D eigenvalue weighted by Gasteiger charge is -2.38. The van der Waals surface area contributed by atoms with Crippen molar-refractivity contribution < 1.29 is 36.4 Å². The van der Waals surface area contributed by atoms with Crippen molar-refractivity contribution in [2.75, 3.05) is 73.8 Å². The summed E-state index contributed by atoms with van der Waals surface area (Å²) in [6.45, 7) is 4.57. The second-order valence-electron chi connectivity index (χ2n) is 16.7. The quantitative estimate of drug-likeness (QED) is 0.101. The lowest BCUT2D eigenvalue weighted by Crippen LogP contribution is -2.52. The third kappa shape index (κ3) is 8.91. The molecule has 2 aromatic carbocycles. The number of hydrogen-bond donors (Lipinski definition) is 4. The number of aromatic nitrogens is 3. The van der Waals surface area contributed by atoms with Gasteiger partial charge in [-0.15, -0.1) is 0 Å². The number of halogens is 2. The number of piperidine rings is 2. The fraction of sp³-hybridized carbons (Fsp3) is 0.378. The van der Waals surface area contributed by atoms with E-state index in [2.05, 4.69) is 47.3 Å². The number of carbonyl (C=O) groups is 4. The highest BCUT2D eigenvalue weighted by molar-refractivity contribution is 7.90. The zero-order valence-corrected chi connectivity index (χ0v) is 35.8. The van der Waals surface area contributed by atoms with Crippen molar-refractivity contribution in [2.24, 2.45) is 0 Å². The first-order chi connectivity index (χ1) is 30.9. The van der Waals surface area contributed by atoms with Gasteiger partial charge in [-0.3, -0.25) is 34.1 Å². The fourth-order valence-corrected chi connectivity index (χ4v) is 10.4. The lowest BCUT2D eigenvalue weighted by molar-refractivity contribution is -0.134. The van der Waals surface area contributed by atoms with Crippen molar-refractivity contribution in [3.8, 4) is 11.1 Å². The molecule has 334 valence electrons. The first-order valence-corrected chi connectivity index (χ1v) is 23.0. The molecule has 19 heteroatoms. The molecular weight excluding hydrogens is 847 g/mol. The Bertz CT molecular complexity index is 2710. The number of H-pyrrole nitrogens is 1. The lowest BCUT2D eigenvalue weighted by atomic mass is 9.89. The number of imide groups is 1. The normalized spacial score (nSPS) is 19.2. The van der Waals surface area contributed by atoms with E-state index < -0.39 is 44.9 Å². The second kappa shape index (κ2) is 18.1. The van der Waals surface area contributed by atoms with E-state index in [9.17, 15) is 27.6 Å². The molecule has 64 heavy (non-hydrogen) atoms. The molecule has 0 bridgehead atoms. The van der Waals surface area contributed by atoms with E-state index in [1.807, 2.05) is 23.1 Å². The van der Waals surface area contributed by atoms with Crippen molar-refractivity contribution in [1.82, 2.24) is 34.4 Å². The Kier molecular flexibility index (Phi) is 12.1. The largest absolute Gasteiger partial charge is 0.374 e. The molecule has 7 heterocycles. The molecule has 3 aromatic heterocycles. The number of carbonyl (C=O) groups excluding carboxylic acids is 4. The summed E-state index contributed by atoms with van der Waals surface area (Å²) in [6.07, 6.45) is 8.61. The molecule has 4 fully saturated rings. The number of anilines is 3. The van der Waals surface area contributed by atoms with E-state index in [0.717, 1.165) is 49.3 Å². The number of piperazine rings is 1. The Morgan fingerprint density at radius 2 is 1.62 bits per heavy atom. The number of pyridine rings is 2. The maximum Gasteiger partial charge on any atom is 0.301 e. The van der Waals surface area contributed by atoms with Crippen LogP contribution < -0.4 is 20.3 Å². The molecule has 0 radical (unpaired) electrons. The third-order valence-electron chi connectivity index (χ3n) is 12.7. The first-order valence-electron chi connectivity index (χ1n) is 21.6. The van der Waals surface area contributed by atoms with Crippen molar-refractivity contribution in [2.45, 2.75) is 50.5 Å². The molecule has 1 unspecified atom stereocenters. The minimum atomic E-state index is -4.11. The van der Waals surface area contributed by atoms with Crippen molar-refractivity contribution in [1.29, 1.82) is 0 Å². The average Bonchev–Trinajstić information content (AvgIpc) is 4.01. The Morgan fingerprint density at radius 3 is 2.36 bits per heavy atom. The smallest absolute Gasteiger partial charge is 0.301 e. The van der Waals surface area contributed by atoms with Crippen LogP contribution in [-0.2, 0) is 24.6 Å². The molecular formula is C45H48F2N10O6S. The molecule has 3 amide bonds. The summed E-state index contributed by atoms with van der Waals surface area (Å²) in [5.74, 6) is -2.87. The van der Waals surface area contributed by atoms with Gasteiger partial charge < -0.3 is 20.1 Å². The average molecular weight is 895 g/mol. The van der Waals surface area contributed by atoms with E-state index in [4.69, 9.17) is 4.98 Å². The zero-order chi connectivity index (χ0) is 44.5. The molecule has 0 aliphatic carbocycles. The Labute approximate surface area is 368 Å². The van der Waals surface area contributed by atoms with Gasteiger partial charge in [-0.05, 0) is 99.1 Å². The van der Waals surface area contributed by atoms with Gasteiger partial charge >= 0.3 is 10.2 Å². The topological polar surface area (TPSA) is 193 Å². The highest BCUT2D eigenvalue weighted by atomic mass is 32.2. The van der Waals surface area contributed by atoms with Crippen LogP contribution in [0.3, 0.4) is 0 Å². The van der Waals surface area contributed by atoms with Crippen LogP contribution in [0.5, 0.6) is 0 Å². The van der Waals surface area contributed by atoms with Crippen LogP contribution in [-0.4, -0.2) is 126 Å². The summed E-state index contributed by atoms with van der Waals surface area (Å²) in [5, 5.41) is 5.91. The molecule has 1 atom stereocenters. The molecule has 4 N–H and O–H groups in total. The minimum absolute atomic E-state index is 0.0428. The van der Waals surface area contributed by atoms with Gasteiger partial charge in [-0.2, -0.15) is 12.7 Å². The van der Waals surface area contributed by atoms with Crippen LogP contribution in [0.15, 0.2) is 73.2 Å². The summed E-state index contributed by atoms with van der Waals surface area (Å²) < 4.78 is 60.2. The van der Waals surface area contributed by atoms with Crippen LogP contribution >= 0.6 is 0 Å². The number of amides is 3. The van der Waals surface area contributed by atoms with E-state index >= 15 is 8.78 Å². The van der Waals surface area contributed by atoms with Gasteiger partial charge in [-0.25, -0.2) is 18.7 Å². The summed E-state index contributed by atoms with van der Waals surface area (Å²) in [6, 6.07) is 14.9. The van der Waals surface area contributed by atoms with E-state index in [0.29, 0.717) is 86.7 Å². The molecule has 0 saturated carbocycles. The number of ketones is 1. The van der Waals surface area contributed by atoms with Gasteiger partial charge in [0.05, 0.1) is 17.8 Å². The molecule has 4 aliphatic heterocycles. The number of nitrogens with zero attached hydrogens (tertiary/aromatic N) is 6. The monoisotopic (exact) mass is 894 g/mol. The molecule has 4 saturated heterocycles. The minimum Gasteiger partial charge on any atom is -0.374 e. The third-order valence-corrected chi connectivity index (χ3v) is 14.2. The molecule has 9 rings (SSSR count). The molecule has 4 aliphatic rings. The molecule has 0 spiro atoms. The standard InChI is InChI=1S/C45H48F2N10O6S/c46-35-9-10-36(53-64(62,63)57-16-1-2-17-57)41(47)40(35)42(60)34-26-50-43-33(34)24-30(25-49-43)32-4-3-15-48-44(32)56-22-20-55(21-23-56)39(59)27-54-18-13-29(14-19-54)28-5-7-31(8-6-28)51-37-11-12-38(58)52-45(37)61/h3-10,15,24-26,29,37,51,53H,1-2,11-14,16-23,27H2,(H,49,50)(H,52,58,61). The Balaban J connectivity index is 0.814. The van der Waals surface area contributed by atoms with Gasteiger partial charge in [0.15, 0.2) is 5.82 Å². The Morgan fingerprint density at radius 1 is 0.875 bits per heavy atom. The van der Waals surface area contributed by atoms with Crippen LogP contribution in [0, 0.1) is 11.6 Å². The summed E-state index contributed by atoms with van der Waals surface area (Å²) in [5.41, 5.74) is 2.23. The SMILES string of the molecule is O=C1CCC(Nc2ccc(C3CCN(CC(=O)N4CCN(c5ncccc5-c5cnc6[nH]cc(C(=O)c7c(F)ccc(NS(=O)(=O)N8CCCC8)c7F)c6c5)CC4)CC3)cc2)C(=O)N1. The van der Waals surface area contributed by atoms with Crippen LogP contribution in [0.4, 0.5) is 26.0 Å². The second-order valence-corrected chi connectivity index (χ2v) is 18.4. The number of likely N-dealkylation sites (tertiary alicyclic amines) is 1. The first kappa shape index (κ1) is 43.0. The van der Waals surface area contributed by atoms with Gasteiger partial charge in [-0.1, -0.05) is 12.1 Å². The van der Waals surface area contributed by atoms with Gasteiger partial charge in [0.2, 0.25) is 23.5 Å². The predicted octanol–water partition coefficient (Wildman–Crippen LogP) is 4.63. The van der Waals surface area contributed by atoms with Gasteiger partial charge in [0.1, 0.15) is 23.3 Å². The summed E-state index contributed by atoms with van der Waals surface area (Å²) in [7, 11) is -4.11. The summed E-state index contributed by atoms with van der Waals surface area (Å²) >= 11 is 0. The van der Waals surface area contributed by atoms with Crippen LogP contribution in [0.1, 0.15) is 65.9 Å². The van der Waals surface area contributed by atoms with Gasteiger partial charge in [0, 0.05) is 92.0 Å². The fourth-order valence-electron chi connectivity index (χ4n) is 9.09. The number of hydrogen-bond acceptors (Lipinski definition) is 11. The highest BCUT2D eigenvalue weighted by Crippen LogP contribution is 2.34. The summed E-state index contributed by atoms with van der Waals surface area (Å²) in [4.78, 5) is 69.3. The van der Waals surface area contributed by atoms with E-state index in [1.54, 1.807) is 24.5 Å². The molecule has 16 nitrogen and oxygen atoms in total.